The highest BCUT2D eigenvalue weighted by molar-refractivity contribution is 9.10. The molecule has 0 radical (unpaired) electrons. The maximum atomic E-state index is 12.8. The normalized spacial score (nSPS) is 16.4. The SMILES string of the molecule is O=C(Cc1ccccc1Br)C1(c2ccccc2)CCC1. The predicted molar refractivity (Wildman–Crippen MR) is 84.8 cm³/mol. The van der Waals surface area contributed by atoms with Crippen LogP contribution in [0.4, 0.5) is 0 Å². The molecule has 0 N–H and O–H groups in total. The van der Waals surface area contributed by atoms with Gasteiger partial charge in [0.15, 0.2) is 0 Å². The van der Waals surface area contributed by atoms with Gasteiger partial charge in [0, 0.05) is 10.9 Å². The van der Waals surface area contributed by atoms with Crippen LogP contribution >= 0.6 is 15.9 Å². The van der Waals surface area contributed by atoms with Gasteiger partial charge in [0.2, 0.25) is 0 Å². The maximum absolute atomic E-state index is 12.8. The van der Waals surface area contributed by atoms with Crippen LogP contribution in [-0.4, -0.2) is 5.78 Å². The fourth-order valence-electron chi connectivity index (χ4n) is 3.00. The van der Waals surface area contributed by atoms with Crippen LogP contribution in [0.2, 0.25) is 0 Å². The molecule has 1 nitrogen and oxygen atoms in total. The smallest absolute Gasteiger partial charge is 0.147 e. The third kappa shape index (κ3) is 2.33. The monoisotopic (exact) mass is 328 g/mol. The van der Waals surface area contributed by atoms with Crippen molar-refractivity contribution in [1.82, 2.24) is 0 Å². The van der Waals surface area contributed by atoms with Crippen LogP contribution in [0, 0.1) is 0 Å². The summed E-state index contributed by atoms with van der Waals surface area (Å²) in [6.45, 7) is 0. The molecule has 0 amide bonds. The molecule has 1 saturated carbocycles. The standard InChI is InChI=1S/C18H17BrO/c19-16-10-5-4-7-14(16)13-17(20)18(11-6-12-18)15-8-2-1-3-9-15/h1-5,7-10H,6,11-13H2. The van der Waals surface area contributed by atoms with Crippen molar-refractivity contribution in [2.75, 3.05) is 0 Å². The first-order valence-electron chi connectivity index (χ1n) is 7.05. The van der Waals surface area contributed by atoms with Crippen molar-refractivity contribution in [3.63, 3.8) is 0 Å². The summed E-state index contributed by atoms with van der Waals surface area (Å²) in [6.07, 6.45) is 3.63. The number of carbonyl (C=O) groups excluding carboxylic acids is 1. The van der Waals surface area contributed by atoms with Crippen LogP contribution in [0.3, 0.4) is 0 Å². The molecule has 0 bridgehead atoms. The molecule has 102 valence electrons. The zero-order valence-electron chi connectivity index (χ0n) is 11.3. The second-order valence-electron chi connectivity index (χ2n) is 5.49. The molecule has 2 heteroatoms. The van der Waals surface area contributed by atoms with Gasteiger partial charge in [-0.15, -0.1) is 0 Å². The number of rotatable bonds is 4. The van der Waals surface area contributed by atoms with E-state index < -0.39 is 0 Å². The number of halogens is 1. The zero-order valence-corrected chi connectivity index (χ0v) is 12.9. The van der Waals surface area contributed by atoms with Gasteiger partial charge in [-0.2, -0.15) is 0 Å². The average Bonchev–Trinajstić information content (AvgIpc) is 2.41. The molecule has 0 saturated heterocycles. The Morgan fingerprint density at radius 2 is 1.65 bits per heavy atom. The summed E-state index contributed by atoms with van der Waals surface area (Å²) in [4.78, 5) is 12.8. The Balaban J connectivity index is 1.87. The lowest BCUT2D eigenvalue weighted by atomic mass is 9.61. The Morgan fingerprint density at radius 1 is 1.00 bits per heavy atom. The van der Waals surface area contributed by atoms with E-state index in [-0.39, 0.29) is 5.41 Å². The van der Waals surface area contributed by atoms with E-state index in [4.69, 9.17) is 0 Å². The van der Waals surface area contributed by atoms with Crippen molar-refractivity contribution in [3.05, 3.63) is 70.2 Å². The van der Waals surface area contributed by atoms with Gasteiger partial charge in [0.1, 0.15) is 5.78 Å². The molecular formula is C18H17BrO. The van der Waals surface area contributed by atoms with E-state index in [1.165, 1.54) is 5.56 Å². The fraction of sp³-hybridized carbons (Fsp3) is 0.278. The Hall–Kier alpha value is -1.41. The lowest BCUT2D eigenvalue weighted by Crippen LogP contribution is -2.43. The largest absolute Gasteiger partial charge is 0.298 e. The van der Waals surface area contributed by atoms with Gasteiger partial charge in [-0.1, -0.05) is 70.9 Å². The number of ketones is 1. The van der Waals surface area contributed by atoms with Gasteiger partial charge in [-0.25, -0.2) is 0 Å². The third-order valence-electron chi connectivity index (χ3n) is 4.38. The Morgan fingerprint density at radius 3 is 2.25 bits per heavy atom. The summed E-state index contributed by atoms with van der Waals surface area (Å²) < 4.78 is 1.02. The van der Waals surface area contributed by atoms with Crippen LogP contribution in [0.1, 0.15) is 30.4 Å². The van der Waals surface area contributed by atoms with Crippen LogP contribution in [0.5, 0.6) is 0 Å². The van der Waals surface area contributed by atoms with E-state index in [0.29, 0.717) is 12.2 Å². The van der Waals surface area contributed by atoms with E-state index in [9.17, 15) is 4.79 Å². The molecule has 1 aliphatic rings. The predicted octanol–water partition coefficient (Wildman–Crippen LogP) is 4.68. The quantitative estimate of drug-likeness (QED) is 0.796. The van der Waals surface area contributed by atoms with Crippen LogP contribution < -0.4 is 0 Å². The van der Waals surface area contributed by atoms with Crippen LogP contribution in [0.25, 0.3) is 0 Å². The fourth-order valence-corrected chi connectivity index (χ4v) is 3.42. The summed E-state index contributed by atoms with van der Waals surface area (Å²) in [6, 6.07) is 18.3. The average molecular weight is 329 g/mol. The first-order chi connectivity index (χ1) is 9.72. The van der Waals surface area contributed by atoms with E-state index in [0.717, 1.165) is 29.3 Å². The van der Waals surface area contributed by atoms with E-state index in [1.54, 1.807) is 0 Å². The minimum absolute atomic E-state index is 0.240. The lowest BCUT2D eigenvalue weighted by Gasteiger charge is -2.41. The molecule has 1 fully saturated rings. The lowest BCUT2D eigenvalue weighted by molar-refractivity contribution is -0.127. The zero-order chi connectivity index (χ0) is 14.0. The van der Waals surface area contributed by atoms with Gasteiger partial charge in [0.05, 0.1) is 5.41 Å². The topological polar surface area (TPSA) is 17.1 Å². The molecule has 1 aliphatic carbocycles. The second kappa shape index (κ2) is 5.53. The Labute approximate surface area is 128 Å². The van der Waals surface area contributed by atoms with Crippen molar-refractivity contribution < 1.29 is 4.79 Å². The third-order valence-corrected chi connectivity index (χ3v) is 5.15. The van der Waals surface area contributed by atoms with Gasteiger partial charge in [0.25, 0.3) is 0 Å². The molecule has 0 unspecified atom stereocenters. The van der Waals surface area contributed by atoms with E-state index in [2.05, 4.69) is 28.1 Å². The molecule has 0 spiro atoms. The summed E-state index contributed by atoms with van der Waals surface area (Å²) >= 11 is 3.54. The number of carbonyl (C=O) groups is 1. The van der Waals surface area contributed by atoms with Crippen molar-refractivity contribution >= 4 is 21.7 Å². The number of hydrogen-bond acceptors (Lipinski definition) is 1. The van der Waals surface area contributed by atoms with Gasteiger partial charge < -0.3 is 0 Å². The second-order valence-corrected chi connectivity index (χ2v) is 6.35. The maximum Gasteiger partial charge on any atom is 0.147 e. The Kier molecular flexibility index (Phi) is 3.75. The first-order valence-corrected chi connectivity index (χ1v) is 7.84. The van der Waals surface area contributed by atoms with Crippen LogP contribution in [0.15, 0.2) is 59.1 Å². The number of hydrogen-bond donors (Lipinski definition) is 0. The Bertz CT molecular complexity index is 614. The molecule has 0 aliphatic heterocycles. The molecule has 2 aromatic carbocycles. The van der Waals surface area contributed by atoms with Gasteiger partial charge in [-0.05, 0) is 30.0 Å². The summed E-state index contributed by atoms with van der Waals surface area (Å²) in [5.41, 5.74) is 2.03. The van der Waals surface area contributed by atoms with E-state index in [1.807, 2.05) is 42.5 Å². The van der Waals surface area contributed by atoms with Crippen LogP contribution in [-0.2, 0) is 16.6 Å². The van der Waals surface area contributed by atoms with Gasteiger partial charge in [-0.3, -0.25) is 4.79 Å². The molecule has 0 heterocycles. The number of benzene rings is 2. The first kappa shape index (κ1) is 13.6. The minimum Gasteiger partial charge on any atom is -0.298 e. The highest BCUT2D eigenvalue weighted by atomic mass is 79.9. The van der Waals surface area contributed by atoms with Crippen molar-refractivity contribution in [3.8, 4) is 0 Å². The number of Topliss-reactive ketones (excluding diaryl/α,β-unsaturated/α-hetero) is 1. The molecule has 20 heavy (non-hydrogen) atoms. The van der Waals surface area contributed by atoms with Crippen molar-refractivity contribution in [1.29, 1.82) is 0 Å². The van der Waals surface area contributed by atoms with Crippen molar-refractivity contribution in [2.24, 2.45) is 0 Å². The molecule has 3 rings (SSSR count). The molecule has 0 atom stereocenters. The summed E-state index contributed by atoms with van der Waals surface area (Å²) in [5, 5.41) is 0. The molecule has 2 aromatic rings. The highest BCUT2D eigenvalue weighted by Gasteiger charge is 2.44. The molecule has 0 aromatic heterocycles. The summed E-state index contributed by atoms with van der Waals surface area (Å²) in [5.74, 6) is 0.349. The summed E-state index contributed by atoms with van der Waals surface area (Å²) in [7, 11) is 0. The minimum atomic E-state index is -0.240. The highest BCUT2D eigenvalue weighted by Crippen LogP contribution is 2.45. The van der Waals surface area contributed by atoms with Gasteiger partial charge >= 0.3 is 0 Å². The van der Waals surface area contributed by atoms with E-state index >= 15 is 0 Å². The van der Waals surface area contributed by atoms with Crippen molar-refractivity contribution in [2.45, 2.75) is 31.1 Å². The molecular weight excluding hydrogens is 312 g/mol.